The molecule has 2 rings (SSSR count). The third kappa shape index (κ3) is 4.45. The van der Waals surface area contributed by atoms with Gasteiger partial charge < -0.3 is 46.2 Å². The monoisotopic (exact) mass is 466 g/mol. The van der Waals surface area contributed by atoms with E-state index in [0.717, 1.165) is 0 Å². The Labute approximate surface area is 161 Å². The minimum atomic E-state index is -4.98. The van der Waals surface area contributed by atoms with Crippen LogP contribution in [0.4, 0.5) is 0 Å². The number of sulfone groups is 1. The Kier molecular flexibility index (Phi) is 5.65. The number of sulfonamides is 1. The molecule has 162 valence electrons. The van der Waals surface area contributed by atoms with Gasteiger partial charge in [0.25, 0.3) is 22.0 Å². The van der Waals surface area contributed by atoms with Crippen LogP contribution in [0, 0.1) is 0 Å². The van der Waals surface area contributed by atoms with Crippen LogP contribution in [0.1, 0.15) is 24.4 Å². The van der Waals surface area contributed by atoms with Crippen molar-refractivity contribution in [3.8, 4) is 5.75 Å². The summed E-state index contributed by atoms with van der Waals surface area (Å²) in [6.45, 7) is -1.06. The maximum Gasteiger partial charge on any atom is 0.288 e. The van der Waals surface area contributed by atoms with Crippen LogP contribution < -0.4 is 10.5 Å². The quantitative estimate of drug-likeness (QED) is 0.177. The third-order valence-corrected chi connectivity index (χ3v) is 9.20. The molecular weight excluding hydrogens is 448 g/mol. The maximum absolute atomic E-state index is 12.7. The lowest BCUT2D eigenvalue weighted by atomic mass is 9.98. The van der Waals surface area contributed by atoms with E-state index in [0.29, 0.717) is 0 Å². The van der Waals surface area contributed by atoms with Gasteiger partial charge in [0.1, 0.15) is 4.21 Å². The van der Waals surface area contributed by atoms with Crippen molar-refractivity contribution in [3.63, 3.8) is 0 Å². The lowest BCUT2D eigenvalue weighted by molar-refractivity contribution is -0.326. The number of fused-ring (bicyclic) bond motifs is 1. The predicted molar refractivity (Wildman–Crippen MR) is 88.2 cm³/mol. The van der Waals surface area contributed by atoms with E-state index in [1.165, 1.54) is 0 Å². The molecule has 0 radical (unpaired) electrons. The lowest BCUT2D eigenvalue weighted by Gasteiger charge is -2.38. The second-order valence-electron chi connectivity index (χ2n) is 6.30. The number of nitrogens with one attached hydrogen (secondary N) is 1. The summed E-state index contributed by atoms with van der Waals surface area (Å²) >= 11 is -0.0421. The van der Waals surface area contributed by atoms with Crippen molar-refractivity contribution in [3.05, 3.63) is 5.56 Å². The molecule has 1 aromatic heterocycles. The largest absolute Gasteiger partial charge is 0.505 e. The molecule has 0 fully saturated rings. The van der Waals surface area contributed by atoms with Crippen molar-refractivity contribution < 1.29 is 57.7 Å². The van der Waals surface area contributed by atoms with Crippen LogP contribution in [-0.2, 0) is 19.9 Å². The Morgan fingerprint density at radius 3 is 2.14 bits per heavy atom. The van der Waals surface area contributed by atoms with Crippen molar-refractivity contribution in [1.29, 1.82) is 0 Å². The summed E-state index contributed by atoms with van der Waals surface area (Å²) in [6.07, 6.45) is -2.58. The SMILES string of the molecule is NS(=O)(=O)c1sc2c(c1O)C(NCC(O)(O)O)CC(O)(CC(O)(O)O)S2(=O)=O. The molecule has 17 heteroatoms. The molecule has 28 heavy (non-hydrogen) atoms. The van der Waals surface area contributed by atoms with Gasteiger partial charge in [-0.25, -0.2) is 22.0 Å². The van der Waals surface area contributed by atoms with E-state index in [1.54, 1.807) is 0 Å². The van der Waals surface area contributed by atoms with Crippen LogP contribution in [0.15, 0.2) is 8.42 Å². The molecule has 2 atom stereocenters. The number of aliphatic hydroxyl groups is 7. The molecule has 1 aliphatic rings. The standard InChI is InChI=1S/C11H18N2O12S3/c12-28(24,25)8-6(14)5-4(13-3-11(19,20)21)1-9(15,2-10(16,17)18)27(22,23)7(5)26-8/h4,13-21H,1-3H2,(H2,12,24,25). The topological polar surface area (TPSA) is 268 Å². The van der Waals surface area contributed by atoms with E-state index in [1.807, 2.05) is 0 Å². The summed E-state index contributed by atoms with van der Waals surface area (Å²) in [7, 11) is -9.60. The summed E-state index contributed by atoms with van der Waals surface area (Å²) in [5, 5.41) is 82.2. The summed E-state index contributed by atoms with van der Waals surface area (Å²) in [4.78, 5) is -3.09. The number of aromatic hydroxyl groups is 1. The smallest absolute Gasteiger partial charge is 0.288 e. The van der Waals surface area contributed by atoms with Gasteiger partial charge in [-0.2, -0.15) is 0 Å². The Morgan fingerprint density at radius 2 is 1.71 bits per heavy atom. The number of thiophene rings is 1. The predicted octanol–water partition coefficient (Wildman–Crippen LogP) is -4.75. The van der Waals surface area contributed by atoms with Gasteiger partial charge in [0.15, 0.2) is 14.9 Å². The van der Waals surface area contributed by atoms with E-state index >= 15 is 0 Å². The first kappa shape index (κ1) is 23.3. The number of nitrogens with two attached hydrogens (primary N) is 1. The van der Waals surface area contributed by atoms with Gasteiger partial charge in [0.05, 0.1) is 13.0 Å². The molecule has 0 spiro atoms. The highest BCUT2D eigenvalue weighted by Gasteiger charge is 2.56. The van der Waals surface area contributed by atoms with E-state index in [9.17, 15) is 27.0 Å². The molecule has 1 aliphatic heterocycles. The fourth-order valence-electron chi connectivity index (χ4n) is 2.77. The summed E-state index contributed by atoms with van der Waals surface area (Å²) < 4.78 is 46.8. The van der Waals surface area contributed by atoms with E-state index in [-0.39, 0.29) is 11.3 Å². The second kappa shape index (κ2) is 6.79. The average Bonchev–Trinajstić information content (AvgIpc) is 2.78. The van der Waals surface area contributed by atoms with Gasteiger partial charge in [0, 0.05) is 18.0 Å². The molecule has 0 amide bonds. The summed E-state index contributed by atoms with van der Waals surface area (Å²) in [5.74, 6) is -8.05. The maximum atomic E-state index is 12.7. The zero-order valence-electron chi connectivity index (χ0n) is 13.7. The highest BCUT2D eigenvalue weighted by molar-refractivity contribution is 7.96. The van der Waals surface area contributed by atoms with Gasteiger partial charge in [-0.1, -0.05) is 0 Å². The second-order valence-corrected chi connectivity index (χ2v) is 11.5. The van der Waals surface area contributed by atoms with Crippen molar-refractivity contribution >= 4 is 31.2 Å². The first-order chi connectivity index (χ1) is 12.3. The summed E-state index contributed by atoms with van der Waals surface area (Å²) in [5.41, 5.74) is -0.609. The van der Waals surface area contributed by atoms with Gasteiger partial charge in [0.2, 0.25) is 9.84 Å². The van der Waals surface area contributed by atoms with Gasteiger partial charge in [-0.3, -0.25) is 0 Å². The summed E-state index contributed by atoms with van der Waals surface area (Å²) in [6, 6.07) is -1.55. The van der Waals surface area contributed by atoms with Gasteiger partial charge in [-0.05, 0) is 0 Å². The van der Waals surface area contributed by atoms with Crippen molar-refractivity contribution in [2.24, 2.45) is 5.14 Å². The zero-order valence-corrected chi connectivity index (χ0v) is 16.2. The van der Waals surface area contributed by atoms with Crippen LogP contribution in [0.25, 0.3) is 0 Å². The van der Waals surface area contributed by atoms with Gasteiger partial charge in [-0.15, -0.1) is 11.3 Å². The molecule has 2 heterocycles. The Balaban J connectivity index is 2.72. The molecule has 1 aromatic rings. The highest BCUT2D eigenvalue weighted by Crippen LogP contribution is 2.53. The average molecular weight is 466 g/mol. The minimum Gasteiger partial charge on any atom is -0.505 e. The number of primary sulfonamides is 1. The fourth-order valence-corrected chi connectivity index (χ4v) is 7.54. The molecule has 0 aromatic carbocycles. The first-order valence-electron chi connectivity index (χ1n) is 7.22. The molecule has 14 nitrogen and oxygen atoms in total. The van der Waals surface area contributed by atoms with E-state index < -0.39 is 81.9 Å². The molecule has 0 bridgehead atoms. The third-order valence-electron chi connectivity index (χ3n) is 3.83. The van der Waals surface area contributed by atoms with Crippen LogP contribution in [0.2, 0.25) is 0 Å². The molecular formula is C11H18N2O12S3. The Bertz CT molecular complexity index is 972. The zero-order chi connectivity index (χ0) is 21.9. The molecule has 0 saturated heterocycles. The molecule has 11 N–H and O–H groups in total. The Morgan fingerprint density at radius 1 is 1.18 bits per heavy atom. The number of rotatable bonds is 6. The van der Waals surface area contributed by atoms with Crippen molar-refractivity contribution in [2.75, 3.05) is 6.54 Å². The van der Waals surface area contributed by atoms with Crippen LogP contribution in [-0.4, -0.2) is 81.1 Å². The van der Waals surface area contributed by atoms with Crippen LogP contribution in [0.5, 0.6) is 5.75 Å². The molecule has 2 unspecified atom stereocenters. The van der Waals surface area contributed by atoms with E-state index in [4.69, 9.17) is 35.8 Å². The van der Waals surface area contributed by atoms with E-state index in [2.05, 4.69) is 5.32 Å². The normalized spacial score (nSPS) is 25.5. The minimum absolute atomic E-state index is 0.0421. The fraction of sp³-hybridized carbons (Fsp3) is 0.636. The van der Waals surface area contributed by atoms with Crippen molar-refractivity contribution in [1.82, 2.24) is 5.32 Å². The molecule has 0 saturated carbocycles. The van der Waals surface area contributed by atoms with Crippen molar-refractivity contribution in [2.45, 2.75) is 44.2 Å². The van der Waals surface area contributed by atoms with Crippen LogP contribution in [0.3, 0.4) is 0 Å². The van der Waals surface area contributed by atoms with Crippen LogP contribution >= 0.6 is 11.3 Å². The lowest BCUT2D eigenvalue weighted by Crippen LogP contribution is -2.52. The van der Waals surface area contributed by atoms with Gasteiger partial charge >= 0.3 is 0 Å². The highest BCUT2D eigenvalue weighted by atomic mass is 32.3. The number of hydrogen-bond acceptors (Lipinski definition) is 14. The Hall–Kier alpha value is -0.960. The molecule has 0 aliphatic carbocycles. The number of hydrogen-bond donors (Lipinski definition) is 10. The first-order valence-corrected chi connectivity index (χ1v) is 11.1.